The van der Waals surface area contributed by atoms with Crippen LogP contribution in [-0.4, -0.2) is 49.5 Å². The highest BCUT2D eigenvalue weighted by molar-refractivity contribution is 7.89. The number of nitrogens with zero attached hydrogens (tertiary/aromatic N) is 2. The highest BCUT2D eigenvalue weighted by atomic mass is 32.2. The fraction of sp³-hybridized carbons (Fsp3) is 0.444. The van der Waals surface area contributed by atoms with Gasteiger partial charge in [-0.2, -0.15) is 4.31 Å². The number of sulfonamides is 1. The van der Waals surface area contributed by atoms with E-state index in [2.05, 4.69) is 15.8 Å². The maximum absolute atomic E-state index is 13.0. The predicted octanol–water partition coefficient (Wildman–Crippen LogP) is 0.895. The molecule has 2 aliphatic heterocycles. The Balaban J connectivity index is 1.47. The van der Waals surface area contributed by atoms with Crippen LogP contribution in [0.1, 0.15) is 28.2 Å². The van der Waals surface area contributed by atoms with Gasteiger partial charge in [0.25, 0.3) is 5.91 Å². The van der Waals surface area contributed by atoms with E-state index in [1.807, 2.05) is 0 Å². The maximum atomic E-state index is 13.0. The predicted molar refractivity (Wildman–Crippen MR) is 97.5 cm³/mol. The molecule has 2 fully saturated rings. The van der Waals surface area contributed by atoms with Crippen LogP contribution < -0.4 is 10.6 Å². The van der Waals surface area contributed by atoms with Gasteiger partial charge in [-0.15, -0.1) is 0 Å². The minimum absolute atomic E-state index is 0.146. The van der Waals surface area contributed by atoms with Crippen LogP contribution in [0.25, 0.3) is 0 Å². The van der Waals surface area contributed by atoms with E-state index in [4.69, 9.17) is 4.52 Å². The van der Waals surface area contributed by atoms with Crippen LogP contribution in [0.4, 0.5) is 0 Å². The summed E-state index contributed by atoms with van der Waals surface area (Å²) in [5, 5.41) is 9.90. The molecule has 9 heteroatoms. The van der Waals surface area contributed by atoms with Crippen LogP contribution in [-0.2, 0) is 16.6 Å². The molecule has 2 aliphatic rings. The lowest BCUT2D eigenvalue weighted by Gasteiger charge is -2.17. The summed E-state index contributed by atoms with van der Waals surface area (Å²) in [5.74, 6) is 0.682. The van der Waals surface area contributed by atoms with E-state index in [1.54, 1.807) is 25.1 Å². The smallest absolute Gasteiger partial charge is 0.251 e. The molecular formula is C18H22N4O4S. The second kappa shape index (κ2) is 7.06. The van der Waals surface area contributed by atoms with Gasteiger partial charge in [0.05, 0.1) is 11.4 Å². The van der Waals surface area contributed by atoms with Gasteiger partial charge in [-0.05, 0) is 44.0 Å². The van der Waals surface area contributed by atoms with Crippen LogP contribution in [0.2, 0.25) is 0 Å². The molecule has 1 amide bonds. The molecule has 1 aromatic heterocycles. The molecule has 144 valence electrons. The van der Waals surface area contributed by atoms with E-state index >= 15 is 0 Å². The fourth-order valence-electron chi connectivity index (χ4n) is 3.73. The lowest BCUT2D eigenvalue weighted by atomic mass is 10.1. The molecular weight excluding hydrogens is 368 g/mol. The summed E-state index contributed by atoms with van der Waals surface area (Å²) in [6, 6.07) is 8.13. The van der Waals surface area contributed by atoms with Crippen LogP contribution >= 0.6 is 0 Å². The van der Waals surface area contributed by atoms with Crippen LogP contribution in [0.5, 0.6) is 0 Å². The summed E-state index contributed by atoms with van der Waals surface area (Å²) in [5.41, 5.74) is 0.912. The van der Waals surface area contributed by atoms with Crippen molar-refractivity contribution in [1.82, 2.24) is 20.1 Å². The third kappa shape index (κ3) is 3.62. The monoisotopic (exact) mass is 390 g/mol. The van der Waals surface area contributed by atoms with Gasteiger partial charge in [0.2, 0.25) is 10.0 Å². The second-order valence-electron chi connectivity index (χ2n) is 7.07. The first-order valence-corrected chi connectivity index (χ1v) is 10.4. The lowest BCUT2D eigenvalue weighted by Crippen LogP contribution is -2.34. The van der Waals surface area contributed by atoms with Crippen molar-refractivity contribution in [2.24, 2.45) is 5.92 Å². The Hall–Kier alpha value is -2.23. The number of aryl methyl sites for hydroxylation is 1. The number of hydrogen-bond acceptors (Lipinski definition) is 6. The fourth-order valence-corrected chi connectivity index (χ4v) is 5.30. The molecule has 0 radical (unpaired) electrons. The van der Waals surface area contributed by atoms with E-state index in [9.17, 15) is 13.2 Å². The minimum atomic E-state index is -3.61. The number of nitrogens with one attached hydrogen (secondary N) is 2. The Kier molecular flexibility index (Phi) is 4.75. The zero-order valence-corrected chi connectivity index (χ0v) is 15.8. The van der Waals surface area contributed by atoms with Gasteiger partial charge in [-0.1, -0.05) is 11.2 Å². The van der Waals surface area contributed by atoms with E-state index < -0.39 is 10.0 Å². The number of aromatic nitrogens is 1. The summed E-state index contributed by atoms with van der Waals surface area (Å²) in [4.78, 5) is 12.5. The Morgan fingerprint density at radius 3 is 2.96 bits per heavy atom. The van der Waals surface area contributed by atoms with E-state index in [1.165, 1.54) is 16.4 Å². The van der Waals surface area contributed by atoms with E-state index in [0.29, 0.717) is 36.0 Å². The van der Waals surface area contributed by atoms with Gasteiger partial charge in [0, 0.05) is 30.8 Å². The normalized spacial score (nSPS) is 22.7. The molecule has 2 aromatic rings. The first kappa shape index (κ1) is 18.1. The first-order valence-electron chi connectivity index (χ1n) is 8.97. The molecule has 0 saturated carbocycles. The number of fused-ring (bicyclic) bond motifs is 1. The Labute approximate surface area is 158 Å². The second-order valence-corrected chi connectivity index (χ2v) is 9.01. The number of amides is 1. The number of hydrogen-bond donors (Lipinski definition) is 2. The van der Waals surface area contributed by atoms with E-state index in [0.717, 1.165) is 13.0 Å². The molecule has 2 saturated heterocycles. The average molecular weight is 390 g/mol. The molecule has 2 N–H and O–H groups in total. The molecule has 3 heterocycles. The third-order valence-electron chi connectivity index (χ3n) is 5.17. The van der Waals surface area contributed by atoms with Crippen molar-refractivity contribution in [3.63, 3.8) is 0 Å². The molecule has 8 nitrogen and oxygen atoms in total. The zero-order valence-electron chi connectivity index (χ0n) is 15.0. The molecule has 0 unspecified atom stereocenters. The van der Waals surface area contributed by atoms with Gasteiger partial charge in [-0.25, -0.2) is 8.42 Å². The molecule has 4 rings (SSSR count). The summed E-state index contributed by atoms with van der Waals surface area (Å²) in [6.07, 6.45) is 1.00. The van der Waals surface area contributed by atoms with Crippen molar-refractivity contribution < 1.29 is 17.7 Å². The molecule has 1 aromatic carbocycles. The molecule has 2 atom stereocenters. The highest BCUT2D eigenvalue weighted by Gasteiger charge is 2.41. The Bertz CT molecular complexity index is 944. The lowest BCUT2D eigenvalue weighted by molar-refractivity contribution is 0.0950. The SMILES string of the molecule is Cc1cc(CNC(=O)c2cccc(S(=O)(=O)N3C[C@@H]4CCN[C@@H]4C3)c2)no1. The number of rotatable bonds is 5. The molecule has 27 heavy (non-hydrogen) atoms. The molecule has 0 spiro atoms. The van der Waals surface area contributed by atoms with Crippen molar-refractivity contribution >= 4 is 15.9 Å². The van der Waals surface area contributed by atoms with Crippen molar-refractivity contribution in [2.45, 2.75) is 30.8 Å². The van der Waals surface area contributed by atoms with Crippen LogP contribution in [0, 0.1) is 12.8 Å². The number of carbonyl (C=O) groups excluding carboxylic acids is 1. The summed E-state index contributed by atoms with van der Waals surface area (Å²) < 4.78 is 32.4. The quantitative estimate of drug-likeness (QED) is 0.786. The average Bonchev–Trinajstić information content (AvgIpc) is 3.36. The van der Waals surface area contributed by atoms with Crippen molar-refractivity contribution in [2.75, 3.05) is 19.6 Å². The molecule has 0 aliphatic carbocycles. The van der Waals surface area contributed by atoms with Gasteiger partial charge < -0.3 is 15.2 Å². The van der Waals surface area contributed by atoms with Crippen molar-refractivity contribution in [3.8, 4) is 0 Å². The van der Waals surface area contributed by atoms with Gasteiger partial charge in [-0.3, -0.25) is 4.79 Å². The van der Waals surface area contributed by atoms with Gasteiger partial charge >= 0.3 is 0 Å². The summed E-state index contributed by atoms with van der Waals surface area (Å²) >= 11 is 0. The number of benzene rings is 1. The van der Waals surface area contributed by atoms with Gasteiger partial charge in [0.1, 0.15) is 11.5 Å². The highest BCUT2D eigenvalue weighted by Crippen LogP contribution is 2.29. The first-order chi connectivity index (χ1) is 12.9. The number of carbonyl (C=O) groups is 1. The third-order valence-corrected chi connectivity index (χ3v) is 7.00. The molecule has 0 bridgehead atoms. The van der Waals surface area contributed by atoms with Gasteiger partial charge in [0.15, 0.2) is 0 Å². The maximum Gasteiger partial charge on any atom is 0.251 e. The van der Waals surface area contributed by atoms with Crippen LogP contribution in [0.15, 0.2) is 39.8 Å². The largest absolute Gasteiger partial charge is 0.361 e. The minimum Gasteiger partial charge on any atom is -0.361 e. The van der Waals surface area contributed by atoms with Crippen molar-refractivity contribution in [3.05, 3.63) is 47.3 Å². The topological polar surface area (TPSA) is 105 Å². The summed E-state index contributed by atoms with van der Waals surface area (Å²) in [6.45, 7) is 3.95. The standard InChI is InChI=1S/C18H22N4O4S/c1-12-7-15(21-26-12)9-20-18(23)13-3-2-4-16(8-13)27(24,25)22-10-14-5-6-19-17(14)11-22/h2-4,7-8,14,17,19H,5-6,9-11H2,1H3,(H,20,23)/t14-,17+/m0/s1. The van der Waals surface area contributed by atoms with Crippen LogP contribution in [0.3, 0.4) is 0 Å². The summed E-state index contributed by atoms with van der Waals surface area (Å²) in [7, 11) is -3.61. The Morgan fingerprint density at radius 1 is 1.37 bits per heavy atom. The zero-order chi connectivity index (χ0) is 19.0. The van der Waals surface area contributed by atoms with Crippen molar-refractivity contribution in [1.29, 1.82) is 0 Å². The Morgan fingerprint density at radius 2 is 2.22 bits per heavy atom. The van der Waals surface area contributed by atoms with E-state index in [-0.39, 0.29) is 23.4 Å².